The number of thiazole rings is 1. The second-order valence-corrected chi connectivity index (χ2v) is 16.4. The molecule has 9 nitrogen and oxygen atoms in total. The Morgan fingerprint density at radius 2 is 1.70 bits per heavy atom. The molecule has 1 aromatic heterocycles. The van der Waals surface area contributed by atoms with Crippen molar-refractivity contribution in [3.05, 3.63) is 110 Å². The largest absolute Gasteiger partial charge is 0.497 e. The smallest absolute Gasteiger partial charge is 0.305 e. The zero-order chi connectivity index (χ0) is 34.3. The second-order valence-electron chi connectivity index (χ2n) is 13.3. The summed E-state index contributed by atoms with van der Waals surface area (Å²) >= 11 is 6.47. The molecule has 4 aromatic carbocycles. The maximum atomic E-state index is 14.2. The highest BCUT2D eigenvalue weighted by molar-refractivity contribution is 9.10. The number of carbonyl (C=O) groups is 3. The first-order chi connectivity index (χ1) is 24.3. The molecule has 3 fully saturated rings. The third-order valence-corrected chi connectivity index (χ3v) is 13.8. The van der Waals surface area contributed by atoms with Gasteiger partial charge in [0.15, 0.2) is 6.61 Å². The van der Waals surface area contributed by atoms with Gasteiger partial charge in [0.05, 0.1) is 29.7 Å². The number of halogens is 1. The summed E-state index contributed by atoms with van der Waals surface area (Å²) in [7, 11) is 1.58. The van der Waals surface area contributed by atoms with Gasteiger partial charge in [-0.1, -0.05) is 57.6 Å². The lowest BCUT2D eigenvalue weighted by molar-refractivity contribution is -0.123. The van der Waals surface area contributed by atoms with Crippen LogP contribution in [0.3, 0.4) is 0 Å². The Bertz CT molecular complexity index is 2270. The van der Waals surface area contributed by atoms with Crippen LogP contribution in [0.1, 0.15) is 22.8 Å². The molecule has 2 bridgehead atoms. The van der Waals surface area contributed by atoms with Crippen molar-refractivity contribution < 1.29 is 23.9 Å². The number of rotatable bonds is 7. The number of carbonyl (C=O) groups excluding carboxylic acids is 3. The highest BCUT2D eigenvalue weighted by Gasteiger charge is 2.69. The molecule has 2 N–H and O–H groups in total. The minimum absolute atomic E-state index is 0.0135. The summed E-state index contributed by atoms with van der Waals surface area (Å²) in [5, 5.41) is 5.87. The average Bonchev–Trinajstić information content (AvgIpc) is 3.86. The molecule has 4 aliphatic rings. The average molecular weight is 769 g/mol. The molecule has 2 aliphatic heterocycles. The van der Waals surface area contributed by atoms with Crippen LogP contribution in [-0.2, 0) is 14.4 Å². The zero-order valence-electron chi connectivity index (χ0n) is 26.6. The molecule has 3 amide bonds. The number of imide groups is 1. The van der Waals surface area contributed by atoms with Crippen LogP contribution in [0.25, 0.3) is 10.8 Å². The van der Waals surface area contributed by atoms with Gasteiger partial charge in [-0.15, -0.1) is 11.8 Å². The summed E-state index contributed by atoms with van der Waals surface area (Å²) in [6, 6.07) is 26.5. The Labute approximate surface area is 303 Å². The van der Waals surface area contributed by atoms with E-state index in [9.17, 15) is 19.2 Å². The number of hydrogen-bond acceptors (Lipinski definition) is 8. The van der Waals surface area contributed by atoms with Crippen LogP contribution in [0.15, 0.2) is 99.2 Å². The fourth-order valence-electron chi connectivity index (χ4n) is 8.85. The minimum atomic E-state index is -0.444. The van der Waals surface area contributed by atoms with Gasteiger partial charge in [-0.2, -0.15) is 0 Å². The van der Waals surface area contributed by atoms with Gasteiger partial charge in [-0.3, -0.25) is 24.1 Å². The number of hydrogen-bond donors (Lipinski definition) is 2. The number of aromatic amines is 1. The molecule has 5 aromatic rings. The lowest BCUT2D eigenvalue weighted by Gasteiger charge is -2.43. The molecule has 0 spiro atoms. The Hall–Kier alpha value is -4.39. The van der Waals surface area contributed by atoms with Crippen molar-refractivity contribution in [1.82, 2.24) is 4.98 Å². The maximum absolute atomic E-state index is 14.2. The zero-order valence-corrected chi connectivity index (χ0v) is 29.8. The number of amides is 3. The molecule has 7 atom stereocenters. The van der Waals surface area contributed by atoms with Crippen molar-refractivity contribution in [1.29, 1.82) is 0 Å². The van der Waals surface area contributed by atoms with Gasteiger partial charge in [-0.25, -0.2) is 0 Å². The number of anilines is 2. The van der Waals surface area contributed by atoms with Gasteiger partial charge in [0.25, 0.3) is 5.91 Å². The summed E-state index contributed by atoms with van der Waals surface area (Å²) in [6.07, 6.45) is 0.764. The second kappa shape index (κ2) is 12.1. The van der Waals surface area contributed by atoms with E-state index in [1.54, 1.807) is 43.1 Å². The van der Waals surface area contributed by atoms with Crippen LogP contribution < -0.4 is 24.6 Å². The van der Waals surface area contributed by atoms with Crippen molar-refractivity contribution in [2.45, 2.75) is 22.6 Å². The first-order valence-corrected chi connectivity index (χ1v) is 18.9. The van der Waals surface area contributed by atoms with E-state index in [1.807, 2.05) is 60.7 Å². The predicted octanol–water partition coefficient (Wildman–Crippen LogP) is 7.06. The topological polar surface area (TPSA) is 118 Å². The minimum Gasteiger partial charge on any atom is -0.497 e. The van der Waals surface area contributed by atoms with Gasteiger partial charge in [-0.05, 0) is 89.5 Å². The van der Waals surface area contributed by atoms with Gasteiger partial charge >= 0.3 is 4.87 Å². The molecule has 2 aliphatic carbocycles. The molecule has 0 unspecified atom stereocenters. The summed E-state index contributed by atoms with van der Waals surface area (Å²) in [4.78, 5) is 59.3. The number of aromatic nitrogens is 1. The molecule has 1 saturated heterocycles. The molecule has 2 saturated carbocycles. The number of methoxy groups -OCH3 is 1. The van der Waals surface area contributed by atoms with Crippen LogP contribution >= 0.6 is 39.0 Å². The summed E-state index contributed by atoms with van der Waals surface area (Å²) in [6.45, 7) is -0.214. The van der Waals surface area contributed by atoms with Gasteiger partial charge < -0.3 is 19.8 Å². The number of H-pyrrole nitrogens is 1. The quantitative estimate of drug-likeness (QED) is 0.171. The summed E-state index contributed by atoms with van der Waals surface area (Å²) in [5.74, 6) is -0.669. The van der Waals surface area contributed by atoms with Crippen LogP contribution in [0.5, 0.6) is 11.5 Å². The third-order valence-electron chi connectivity index (χ3n) is 10.8. The normalized spacial score (nSPS) is 26.1. The van der Waals surface area contributed by atoms with Crippen molar-refractivity contribution in [3.63, 3.8) is 0 Å². The lowest BCUT2D eigenvalue weighted by Crippen LogP contribution is -2.42. The molecule has 50 heavy (non-hydrogen) atoms. The van der Waals surface area contributed by atoms with E-state index in [1.165, 1.54) is 16.2 Å². The predicted molar refractivity (Wildman–Crippen MR) is 196 cm³/mol. The van der Waals surface area contributed by atoms with Crippen molar-refractivity contribution >= 4 is 78.9 Å². The number of nitrogens with one attached hydrogen (secondary N) is 2. The van der Waals surface area contributed by atoms with Gasteiger partial charge in [0.2, 0.25) is 11.8 Å². The monoisotopic (exact) mass is 767 g/mol. The first-order valence-electron chi connectivity index (χ1n) is 16.4. The molecular weight excluding hydrogens is 738 g/mol. The fourth-order valence-corrected chi connectivity index (χ4v) is 12.1. The Balaban J connectivity index is 1.03. The molecule has 3 heterocycles. The Kier molecular flexibility index (Phi) is 7.67. The number of ether oxygens (including phenoxy) is 2. The van der Waals surface area contributed by atoms with E-state index < -0.39 is 11.8 Å². The maximum Gasteiger partial charge on any atom is 0.305 e. The van der Waals surface area contributed by atoms with Crippen molar-refractivity contribution in [2.24, 2.45) is 29.6 Å². The Morgan fingerprint density at radius 3 is 2.48 bits per heavy atom. The first kappa shape index (κ1) is 31.6. The van der Waals surface area contributed by atoms with Gasteiger partial charge in [0, 0.05) is 31.8 Å². The number of fused-ring (bicyclic) bond motifs is 10. The summed E-state index contributed by atoms with van der Waals surface area (Å²) < 4.78 is 12.4. The molecule has 252 valence electrons. The van der Waals surface area contributed by atoms with Crippen LogP contribution in [-0.4, -0.2) is 41.7 Å². The van der Waals surface area contributed by atoms with E-state index in [2.05, 4.69) is 26.2 Å². The Morgan fingerprint density at radius 1 is 0.940 bits per heavy atom. The van der Waals surface area contributed by atoms with Gasteiger partial charge in [0.1, 0.15) is 11.5 Å². The van der Waals surface area contributed by atoms with Crippen LogP contribution in [0.4, 0.5) is 11.4 Å². The third kappa shape index (κ3) is 5.02. The summed E-state index contributed by atoms with van der Waals surface area (Å²) in [5.41, 5.74) is 2.07. The molecular formula is C38H30BrN3O6S2. The van der Waals surface area contributed by atoms with E-state index in [0.29, 0.717) is 22.9 Å². The van der Waals surface area contributed by atoms with Crippen LogP contribution in [0, 0.1) is 29.6 Å². The molecule has 9 rings (SSSR count). The fraction of sp³-hybridized carbons (Fsp3) is 0.263. The van der Waals surface area contributed by atoms with E-state index in [0.717, 1.165) is 37.1 Å². The van der Waals surface area contributed by atoms with Crippen molar-refractivity contribution in [2.75, 3.05) is 23.9 Å². The van der Waals surface area contributed by atoms with Crippen LogP contribution in [0.2, 0.25) is 0 Å². The van der Waals surface area contributed by atoms with E-state index >= 15 is 0 Å². The SMILES string of the molecule is COc1ccc(N2C(=O)[C@H]3[C@H]4C[C@@H]([C@@H]3C2=O)[C@@H]2[C@H](c3cc(Br)ccc3OCC(=O)Nc3ccc5ccccc5c3)c3sc(=O)[nH]c3S[C@H]42)cc1. The van der Waals surface area contributed by atoms with Crippen molar-refractivity contribution in [3.8, 4) is 11.5 Å². The highest BCUT2D eigenvalue weighted by atomic mass is 79.9. The number of thioether (sulfide) groups is 1. The van der Waals surface area contributed by atoms with E-state index in [4.69, 9.17) is 9.47 Å². The molecule has 12 heteroatoms. The number of benzene rings is 4. The lowest BCUT2D eigenvalue weighted by atomic mass is 9.68. The van der Waals surface area contributed by atoms with E-state index in [-0.39, 0.29) is 58.1 Å². The number of nitrogens with zero attached hydrogens (tertiary/aromatic N) is 1. The highest BCUT2D eigenvalue weighted by Crippen LogP contribution is 2.69. The standard InChI is InChI=1S/C38H30BrN3O6S2/c1-47-23-11-9-22(10-12-23)42-36(44)31-25-16-26(32(31)37(42)45)33-30(25)29(34-35(49-33)41-38(46)50-34)24-15-20(39)7-13-27(24)48-17-28(43)40-21-8-6-18-4-2-3-5-19(18)14-21/h2-15,25-26,29-33H,16-17H2,1H3,(H,40,43)(H,41,46)/t25-,26-,29+,30-,31+,32+,33-/m1/s1. The molecule has 0 radical (unpaired) electrons.